The minimum atomic E-state index is 0.335. The highest BCUT2D eigenvalue weighted by molar-refractivity contribution is 7.17. The second-order valence-electron chi connectivity index (χ2n) is 4.57. The second kappa shape index (κ2) is 4.02. The molecule has 1 heterocycles. The molecule has 1 fully saturated rings. The van der Waals surface area contributed by atoms with Gasteiger partial charge in [-0.05, 0) is 12.0 Å². The molecule has 1 saturated carbocycles. The van der Waals surface area contributed by atoms with Crippen molar-refractivity contribution in [3.63, 3.8) is 0 Å². The highest BCUT2D eigenvalue weighted by Gasteiger charge is 2.22. The SMILES string of the molecule is O=C(CC1CCC1)c1csc2ccccc12. The van der Waals surface area contributed by atoms with Crippen molar-refractivity contribution < 1.29 is 4.79 Å². The number of carbonyl (C=O) groups is 1. The Hall–Kier alpha value is -1.15. The average Bonchev–Trinajstić information content (AvgIpc) is 2.67. The fourth-order valence-electron chi connectivity index (χ4n) is 2.26. The van der Waals surface area contributed by atoms with E-state index < -0.39 is 0 Å². The van der Waals surface area contributed by atoms with E-state index in [-0.39, 0.29) is 0 Å². The summed E-state index contributed by atoms with van der Waals surface area (Å²) in [5, 5.41) is 3.16. The molecule has 1 aromatic carbocycles. The minimum Gasteiger partial charge on any atom is -0.294 e. The van der Waals surface area contributed by atoms with Gasteiger partial charge in [-0.2, -0.15) is 0 Å². The molecule has 0 aliphatic heterocycles. The van der Waals surface area contributed by atoms with Crippen LogP contribution in [0.25, 0.3) is 10.1 Å². The zero-order chi connectivity index (χ0) is 11.0. The average molecular weight is 230 g/mol. The van der Waals surface area contributed by atoms with Gasteiger partial charge in [-0.1, -0.05) is 37.5 Å². The lowest BCUT2D eigenvalue weighted by Crippen LogP contribution is -2.15. The number of benzene rings is 1. The first-order valence-corrected chi connectivity index (χ1v) is 6.72. The van der Waals surface area contributed by atoms with Crippen molar-refractivity contribution in [2.24, 2.45) is 5.92 Å². The van der Waals surface area contributed by atoms with E-state index in [2.05, 4.69) is 12.1 Å². The molecule has 0 atom stereocenters. The quantitative estimate of drug-likeness (QED) is 0.719. The summed E-state index contributed by atoms with van der Waals surface area (Å²) in [5.74, 6) is 0.994. The molecule has 1 aromatic heterocycles. The molecule has 1 aliphatic rings. The van der Waals surface area contributed by atoms with E-state index >= 15 is 0 Å². The maximum Gasteiger partial charge on any atom is 0.164 e. The fraction of sp³-hybridized carbons (Fsp3) is 0.357. The van der Waals surface area contributed by atoms with E-state index in [4.69, 9.17) is 0 Å². The maximum absolute atomic E-state index is 12.1. The molecular weight excluding hydrogens is 216 g/mol. The van der Waals surface area contributed by atoms with Crippen molar-refractivity contribution >= 4 is 27.2 Å². The summed E-state index contributed by atoms with van der Waals surface area (Å²) in [4.78, 5) is 12.1. The Kier molecular flexibility index (Phi) is 2.52. The first kappa shape index (κ1) is 10.0. The molecular formula is C14H14OS. The number of fused-ring (bicyclic) bond motifs is 1. The van der Waals surface area contributed by atoms with E-state index in [1.54, 1.807) is 11.3 Å². The lowest BCUT2D eigenvalue weighted by molar-refractivity contribution is 0.0938. The van der Waals surface area contributed by atoms with Crippen LogP contribution in [0.1, 0.15) is 36.0 Å². The van der Waals surface area contributed by atoms with Crippen LogP contribution in [0.2, 0.25) is 0 Å². The van der Waals surface area contributed by atoms with Crippen LogP contribution in [0.5, 0.6) is 0 Å². The van der Waals surface area contributed by atoms with Gasteiger partial charge in [0, 0.05) is 27.5 Å². The zero-order valence-corrected chi connectivity index (χ0v) is 9.93. The molecule has 0 radical (unpaired) electrons. The Balaban J connectivity index is 1.89. The van der Waals surface area contributed by atoms with Gasteiger partial charge in [-0.25, -0.2) is 0 Å². The van der Waals surface area contributed by atoms with Gasteiger partial charge in [0.1, 0.15) is 0 Å². The third-order valence-corrected chi connectivity index (χ3v) is 4.44. The van der Waals surface area contributed by atoms with Crippen molar-refractivity contribution in [1.29, 1.82) is 0 Å². The predicted octanol–water partition coefficient (Wildman–Crippen LogP) is 4.27. The second-order valence-corrected chi connectivity index (χ2v) is 5.48. The summed E-state index contributed by atoms with van der Waals surface area (Å²) in [6, 6.07) is 8.17. The zero-order valence-electron chi connectivity index (χ0n) is 9.11. The Morgan fingerprint density at radius 2 is 2.12 bits per heavy atom. The van der Waals surface area contributed by atoms with Crippen LogP contribution in [0.3, 0.4) is 0 Å². The molecule has 3 rings (SSSR count). The Labute approximate surface area is 99.1 Å². The van der Waals surface area contributed by atoms with Crippen molar-refractivity contribution in [2.75, 3.05) is 0 Å². The van der Waals surface area contributed by atoms with Gasteiger partial charge in [0.25, 0.3) is 0 Å². The number of hydrogen-bond acceptors (Lipinski definition) is 2. The molecule has 1 nitrogen and oxygen atoms in total. The van der Waals surface area contributed by atoms with E-state index in [0.29, 0.717) is 11.7 Å². The van der Waals surface area contributed by atoms with Gasteiger partial charge in [0.05, 0.1) is 0 Å². The van der Waals surface area contributed by atoms with E-state index in [0.717, 1.165) is 17.4 Å². The van der Waals surface area contributed by atoms with E-state index in [1.165, 1.54) is 24.0 Å². The molecule has 16 heavy (non-hydrogen) atoms. The summed E-state index contributed by atoms with van der Waals surface area (Å²) < 4.78 is 1.22. The highest BCUT2D eigenvalue weighted by Crippen LogP contribution is 2.33. The minimum absolute atomic E-state index is 0.335. The van der Waals surface area contributed by atoms with Crippen molar-refractivity contribution in [3.05, 3.63) is 35.2 Å². The molecule has 82 valence electrons. The van der Waals surface area contributed by atoms with Crippen molar-refractivity contribution in [1.82, 2.24) is 0 Å². The van der Waals surface area contributed by atoms with Crippen molar-refractivity contribution in [2.45, 2.75) is 25.7 Å². The fourth-order valence-corrected chi connectivity index (χ4v) is 3.23. The highest BCUT2D eigenvalue weighted by atomic mass is 32.1. The Morgan fingerprint density at radius 3 is 2.88 bits per heavy atom. The van der Waals surface area contributed by atoms with Crippen LogP contribution in [0, 0.1) is 5.92 Å². The molecule has 0 N–H and O–H groups in total. The number of carbonyl (C=O) groups excluding carboxylic acids is 1. The Morgan fingerprint density at radius 1 is 1.31 bits per heavy atom. The summed E-state index contributed by atoms with van der Waals surface area (Å²) in [6.45, 7) is 0. The smallest absolute Gasteiger partial charge is 0.164 e. The van der Waals surface area contributed by atoms with Gasteiger partial charge < -0.3 is 0 Å². The summed E-state index contributed by atoms with van der Waals surface area (Å²) in [7, 11) is 0. The molecule has 0 bridgehead atoms. The molecule has 2 aromatic rings. The summed E-state index contributed by atoms with van der Waals surface area (Å²) >= 11 is 1.67. The van der Waals surface area contributed by atoms with Gasteiger partial charge in [-0.3, -0.25) is 4.79 Å². The molecule has 2 heteroatoms. The van der Waals surface area contributed by atoms with Crippen molar-refractivity contribution in [3.8, 4) is 0 Å². The molecule has 0 unspecified atom stereocenters. The third kappa shape index (κ3) is 1.67. The van der Waals surface area contributed by atoms with Crippen LogP contribution in [0.15, 0.2) is 29.6 Å². The topological polar surface area (TPSA) is 17.1 Å². The van der Waals surface area contributed by atoms with E-state index in [1.807, 2.05) is 17.5 Å². The number of hydrogen-bond donors (Lipinski definition) is 0. The van der Waals surface area contributed by atoms with Gasteiger partial charge >= 0.3 is 0 Å². The monoisotopic (exact) mass is 230 g/mol. The first-order valence-electron chi connectivity index (χ1n) is 5.84. The maximum atomic E-state index is 12.1. The van der Waals surface area contributed by atoms with Gasteiger partial charge in [-0.15, -0.1) is 11.3 Å². The Bertz CT molecular complexity index is 522. The molecule has 0 amide bonds. The van der Waals surface area contributed by atoms with Crippen LogP contribution < -0.4 is 0 Å². The number of ketones is 1. The standard InChI is InChI=1S/C14H14OS/c15-13(8-10-4-3-5-10)12-9-16-14-7-2-1-6-11(12)14/h1-2,6-7,9-10H,3-5,8H2. The normalized spacial score (nSPS) is 16.2. The van der Waals surface area contributed by atoms with Gasteiger partial charge in [0.2, 0.25) is 0 Å². The largest absolute Gasteiger partial charge is 0.294 e. The lowest BCUT2D eigenvalue weighted by atomic mass is 9.81. The molecule has 1 aliphatic carbocycles. The van der Waals surface area contributed by atoms with Crippen LogP contribution in [-0.4, -0.2) is 5.78 Å². The third-order valence-electron chi connectivity index (χ3n) is 3.48. The summed E-state index contributed by atoms with van der Waals surface area (Å²) in [6.07, 6.45) is 4.55. The number of Topliss-reactive ketones (excluding diaryl/α,β-unsaturated/α-hetero) is 1. The number of thiophene rings is 1. The van der Waals surface area contributed by atoms with Crippen LogP contribution >= 0.6 is 11.3 Å². The summed E-state index contributed by atoms with van der Waals surface area (Å²) in [5.41, 5.74) is 0.938. The first-order chi connectivity index (χ1) is 7.84. The van der Waals surface area contributed by atoms with Gasteiger partial charge in [0.15, 0.2) is 5.78 Å². The van der Waals surface area contributed by atoms with E-state index in [9.17, 15) is 4.79 Å². The van der Waals surface area contributed by atoms with Crippen LogP contribution in [-0.2, 0) is 0 Å². The predicted molar refractivity (Wildman–Crippen MR) is 68.1 cm³/mol. The van der Waals surface area contributed by atoms with Crippen LogP contribution in [0.4, 0.5) is 0 Å². The molecule has 0 saturated heterocycles. The molecule has 0 spiro atoms. The lowest BCUT2D eigenvalue weighted by Gasteiger charge is -2.24. The number of rotatable bonds is 3.